The first kappa shape index (κ1) is 20.2. The van der Waals surface area contributed by atoms with Crippen LogP contribution >= 0.6 is 0 Å². The Labute approximate surface area is 174 Å². The van der Waals surface area contributed by atoms with Crippen LogP contribution in [0.3, 0.4) is 0 Å². The van der Waals surface area contributed by atoms with Gasteiger partial charge in [0, 0.05) is 31.0 Å². The summed E-state index contributed by atoms with van der Waals surface area (Å²) in [6.45, 7) is 4.35. The standard InChI is InChI=1S/C21H22N4O4S/c1-14(2)30(27,28)18-5-3-15(4-6-18)11-19(26)25-12-17(13-25)21-23-20(24-29-21)16-7-9-22-10-8-16/h3-10,14,17H,11-13H2,1-2H3. The molecule has 1 aliphatic heterocycles. The van der Waals surface area contributed by atoms with Crippen LogP contribution in [0.15, 0.2) is 58.2 Å². The molecule has 30 heavy (non-hydrogen) atoms. The summed E-state index contributed by atoms with van der Waals surface area (Å²) < 4.78 is 29.7. The fourth-order valence-electron chi connectivity index (χ4n) is 3.21. The highest BCUT2D eigenvalue weighted by Gasteiger charge is 2.35. The van der Waals surface area contributed by atoms with E-state index in [0.29, 0.717) is 24.8 Å². The van der Waals surface area contributed by atoms with Crippen molar-refractivity contribution >= 4 is 15.7 Å². The third-order valence-corrected chi connectivity index (χ3v) is 7.36. The van der Waals surface area contributed by atoms with Gasteiger partial charge in [-0.1, -0.05) is 17.3 Å². The molecule has 0 radical (unpaired) electrons. The lowest BCUT2D eigenvalue weighted by Crippen LogP contribution is -2.49. The molecule has 3 heterocycles. The SMILES string of the molecule is CC(C)S(=O)(=O)c1ccc(CC(=O)N2CC(c3nc(-c4ccncc4)no3)C2)cc1. The van der Waals surface area contributed by atoms with Crippen molar-refractivity contribution in [3.63, 3.8) is 0 Å². The molecule has 2 aromatic heterocycles. The van der Waals surface area contributed by atoms with Crippen molar-refractivity contribution in [2.75, 3.05) is 13.1 Å². The Hall–Kier alpha value is -3.07. The summed E-state index contributed by atoms with van der Waals surface area (Å²) in [7, 11) is -3.31. The number of pyridine rings is 1. The lowest BCUT2D eigenvalue weighted by Gasteiger charge is -2.37. The highest BCUT2D eigenvalue weighted by Crippen LogP contribution is 2.28. The van der Waals surface area contributed by atoms with E-state index in [1.807, 2.05) is 12.1 Å². The molecule has 0 unspecified atom stereocenters. The fourth-order valence-corrected chi connectivity index (χ4v) is 4.27. The third kappa shape index (κ3) is 3.97. The monoisotopic (exact) mass is 426 g/mol. The Morgan fingerprint density at radius 3 is 2.43 bits per heavy atom. The van der Waals surface area contributed by atoms with Gasteiger partial charge in [0.25, 0.3) is 0 Å². The van der Waals surface area contributed by atoms with Gasteiger partial charge in [0.15, 0.2) is 9.84 Å². The molecule has 156 valence electrons. The topological polar surface area (TPSA) is 106 Å². The molecule has 0 aliphatic carbocycles. The third-order valence-electron chi connectivity index (χ3n) is 5.19. The summed E-state index contributed by atoms with van der Waals surface area (Å²) in [5.74, 6) is 1.04. The summed E-state index contributed by atoms with van der Waals surface area (Å²) in [5.41, 5.74) is 1.61. The summed E-state index contributed by atoms with van der Waals surface area (Å²) in [5, 5.41) is 3.52. The molecule has 0 N–H and O–H groups in total. The maximum Gasteiger partial charge on any atom is 0.233 e. The largest absolute Gasteiger partial charge is 0.341 e. The lowest BCUT2D eigenvalue weighted by atomic mass is 9.99. The summed E-state index contributed by atoms with van der Waals surface area (Å²) in [6, 6.07) is 10.1. The van der Waals surface area contributed by atoms with Crippen molar-refractivity contribution in [2.45, 2.75) is 36.3 Å². The Morgan fingerprint density at radius 2 is 1.80 bits per heavy atom. The van der Waals surface area contributed by atoms with E-state index in [9.17, 15) is 13.2 Å². The average Bonchev–Trinajstić information content (AvgIpc) is 3.17. The van der Waals surface area contributed by atoms with Crippen molar-refractivity contribution in [3.8, 4) is 11.4 Å². The number of hydrogen-bond donors (Lipinski definition) is 0. The van der Waals surface area contributed by atoms with Crippen LogP contribution in [0.5, 0.6) is 0 Å². The van der Waals surface area contributed by atoms with E-state index in [1.54, 1.807) is 55.4 Å². The van der Waals surface area contributed by atoms with Gasteiger partial charge in [-0.05, 0) is 43.7 Å². The van der Waals surface area contributed by atoms with Crippen LogP contribution in [0.25, 0.3) is 11.4 Å². The highest BCUT2D eigenvalue weighted by atomic mass is 32.2. The number of carbonyl (C=O) groups is 1. The molecule has 1 amide bonds. The first-order valence-corrected chi connectivity index (χ1v) is 11.2. The minimum Gasteiger partial charge on any atom is -0.341 e. The number of aromatic nitrogens is 3. The molecule has 1 saturated heterocycles. The zero-order chi connectivity index (χ0) is 21.3. The lowest BCUT2D eigenvalue weighted by molar-refractivity contribution is -0.135. The van der Waals surface area contributed by atoms with E-state index >= 15 is 0 Å². The second-order valence-corrected chi connectivity index (χ2v) is 10.1. The van der Waals surface area contributed by atoms with Crippen molar-refractivity contribution in [1.82, 2.24) is 20.0 Å². The molecular formula is C21H22N4O4S. The number of hydrogen-bond acceptors (Lipinski definition) is 7. The predicted octanol–water partition coefficient (Wildman–Crippen LogP) is 2.48. The van der Waals surface area contributed by atoms with Gasteiger partial charge in [0.1, 0.15) is 0 Å². The van der Waals surface area contributed by atoms with E-state index in [1.165, 1.54) is 0 Å². The van der Waals surface area contributed by atoms with Gasteiger partial charge in [-0.15, -0.1) is 0 Å². The minimum atomic E-state index is -3.31. The fraction of sp³-hybridized carbons (Fsp3) is 0.333. The molecule has 3 aromatic rings. The predicted molar refractivity (Wildman–Crippen MR) is 109 cm³/mol. The number of benzene rings is 1. The Morgan fingerprint density at radius 1 is 1.13 bits per heavy atom. The molecule has 0 atom stereocenters. The van der Waals surface area contributed by atoms with Gasteiger partial charge in [0.05, 0.1) is 22.5 Å². The first-order chi connectivity index (χ1) is 14.3. The van der Waals surface area contributed by atoms with Crippen LogP contribution in [0.1, 0.15) is 31.2 Å². The maximum absolute atomic E-state index is 12.5. The molecule has 0 saturated carbocycles. The van der Waals surface area contributed by atoms with E-state index in [4.69, 9.17) is 4.52 Å². The number of amides is 1. The van der Waals surface area contributed by atoms with Crippen molar-refractivity contribution in [3.05, 3.63) is 60.2 Å². The molecule has 1 fully saturated rings. The quantitative estimate of drug-likeness (QED) is 0.596. The molecule has 1 aromatic carbocycles. The Kier molecular flexibility index (Phi) is 5.38. The molecular weight excluding hydrogens is 404 g/mol. The van der Waals surface area contributed by atoms with E-state index in [0.717, 1.165) is 11.1 Å². The van der Waals surface area contributed by atoms with Gasteiger partial charge in [-0.25, -0.2) is 8.42 Å². The molecule has 8 nitrogen and oxygen atoms in total. The van der Waals surface area contributed by atoms with Crippen LogP contribution in [-0.2, 0) is 21.1 Å². The van der Waals surface area contributed by atoms with Crippen LogP contribution in [0, 0.1) is 0 Å². The number of rotatable bonds is 6. The van der Waals surface area contributed by atoms with E-state index < -0.39 is 15.1 Å². The number of carbonyl (C=O) groups excluding carboxylic acids is 1. The molecule has 0 spiro atoms. The maximum atomic E-state index is 12.5. The summed E-state index contributed by atoms with van der Waals surface area (Å²) in [4.78, 5) is 22.9. The average molecular weight is 426 g/mol. The molecule has 0 bridgehead atoms. The van der Waals surface area contributed by atoms with E-state index in [-0.39, 0.29) is 23.1 Å². The van der Waals surface area contributed by atoms with Crippen molar-refractivity contribution < 1.29 is 17.7 Å². The number of likely N-dealkylation sites (tertiary alicyclic amines) is 1. The first-order valence-electron chi connectivity index (χ1n) is 9.69. The van der Waals surface area contributed by atoms with Gasteiger partial charge >= 0.3 is 0 Å². The summed E-state index contributed by atoms with van der Waals surface area (Å²) in [6.07, 6.45) is 3.56. The van der Waals surface area contributed by atoms with Crippen LogP contribution in [-0.4, -0.2) is 52.7 Å². The van der Waals surface area contributed by atoms with Gasteiger partial charge < -0.3 is 9.42 Å². The number of sulfone groups is 1. The number of nitrogens with zero attached hydrogens (tertiary/aromatic N) is 4. The molecule has 9 heteroatoms. The highest BCUT2D eigenvalue weighted by molar-refractivity contribution is 7.92. The molecule has 4 rings (SSSR count). The molecule has 1 aliphatic rings. The summed E-state index contributed by atoms with van der Waals surface area (Å²) >= 11 is 0. The Balaban J connectivity index is 1.33. The van der Waals surface area contributed by atoms with E-state index in [2.05, 4.69) is 15.1 Å². The normalized spacial score (nSPS) is 14.7. The zero-order valence-corrected chi connectivity index (χ0v) is 17.5. The van der Waals surface area contributed by atoms with Gasteiger partial charge in [-0.3, -0.25) is 9.78 Å². The van der Waals surface area contributed by atoms with Crippen molar-refractivity contribution in [1.29, 1.82) is 0 Å². The second kappa shape index (κ2) is 7.98. The van der Waals surface area contributed by atoms with Crippen LogP contribution in [0.4, 0.5) is 0 Å². The Bertz CT molecular complexity index is 1140. The van der Waals surface area contributed by atoms with Crippen molar-refractivity contribution in [2.24, 2.45) is 0 Å². The van der Waals surface area contributed by atoms with Gasteiger partial charge in [0.2, 0.25) is 17.6 Å². The van der Waals surface area contributed by atoms with Crippen LogP contribution in [0.2, 0.25) is 0 Å². The van der Waals surface area contributed by atoms with Gasteiger partial charge in [-0.2, -0.15) is 4.98 Å². The smallest absolute Gasteiger partial charge is 0.233 e. The zero-order valence-electron chi connectivity index (χ0n) is 16.7. The minimum absolute atomic E-state index is 0.0143. The van der Waals surface area contributed by atoms with Crippen LogP contribution < -0.4 is 0 Å². The second-order valence-electron chi connectivity index (χ2n) is 7.60.